The Bertz CT molecular complexity index is 1830. The quantitative estimate of drug-likeness (QED) is 0.266. The molecule has 1 amide bonds. The molecule has 0 aliphatic carbocycles. The van der Waals surface area contributed by atoms with Gasteiger partial charge < -0.3 is 9.72 Å². The first-order valence-electron chi connectivity index (χ1n) is 12.3. The number of carbonyl (C=O) groups excluding carboxylic acids is 1. The Hall–Kier alpha value is -4.14. The number of rotatable bonds is 9. The van der Waals surface area contributed by atoms with Crippen molar-refractivity contribution >= 4 is 26.0 Å². The van der Waals surface area contributed by atoms with Gasteiger partial charge in [-0.25, -0.2) is 35.3 Å². The maximum atomic E-state index is 14.3. The van der Waals surface area contributed by atoms with Crippen molar-refractivity contribution in [1.29, 1.82) is 0 Å². The normalized spacial score (nSPS) is 17.2. The maximum absolute atomic E-state index is 14.3. The fourth-order valence-corrected chi connectivity index (χ4v) is 7.19. The minimum Gasteiger partial charge on any atom is -0.494 e. The predicted octanol–water partition coefficient (Wildman–Crippen LogP) is 3.52. The van der Waals surface area contributed by atoms with Crippen LogP contribution in [0.2, 0.25) is 0 Å². The molecule has 0 saturated carbocycles. The Balaban J connectivity index is 1.46. The summed E-state index contributed by atoms with van der Waals surface area (Å²) in [6, 6.07) is 14.2. The first-order chi connectivity index (χ1) is 19.4. The van der Waals surface area contributed by atoms with Gasteiger partial charge in [0.1, 0.15) is 16.9 Å². The Morgan fingerprint density at radius 3 is 2.49 bits per heavy atom. The average Bonchev–Trinajstić information content (AvgIpc) is 3.52. The Morgan fingerprint density at radius 2 is 1.85 bits per heavy atom. The van der Waals surface area contributed by atoms with Crippen molar-refractivity contribution in [2.75, 3.05) is 7.11 Å². The van der Waals surface area contributed by atoms with Gasteiger partial charge in [-0.05, 0) is 53.9 Å². The topological polar surface area (TPSA) is 147 Å². The number of aromatic amines is 1. The lowest BCUT2D eigenvalue weighted by Gasteiger charge is -2.18. The molecular weight excluding hydrogens is 578 g/mol. The van der Waals surface area contributed by atoms with Gasteiger partial charge in [0.25, 0.3) is 0 Å². The van der Waals surface area contributed by atoms with Crippen LogP contribution in [0.15, 0.2) is 77.8 Å². The highest BCUT2D eigenvalue weighted by atomic mass is 32.2. The first kappa shape index (κ1) is 28.4. The summed E-state index contributed by atoms with van der Waals surface area (Å²) in [5, 5.41) is -1.02. The highest BCUT2D eigenvalue weighted by Gasteiger charge is 2.37. The van der Waals surface area contributed by atoms with Crippen molar-refractivity contribution in [2.24, 2.45) is 0 Å². The van der Waals surface area contributed by atoms with Crippen LogP contribution >= 0.6 is 0 Å². The molecule has 2 unspecified atom stereocenters. The summed E-state index contributed by atoms with van der Waals surface area (Å²) in [5.74, 6) is -1.64. The van der Waals surface area contributed by atoms with Gasteiger partial charge in [0.05, 0.1) is 36.4 Å². The second-order valence-electron chi connectivity index (χ2n) is 9.37. The molecule has 1 aromatic heterocycles. The fourth-order valence-electron chi connectivity index (χ4n) is 4.53. The lowest BCUT2D eigenvalue weighted by Crippen LogP contribution is -2.31. The number of hydrogen-bond donors (Lipinski definition) is 3. The van der Waals surface area contributed by atoms with Crippen LogP contribution in [-0.4, -0.2) is 39.8 Å². The van der Waals surface area contributed by atoms with Gasteiger partial charge in [0.15, 0.2) is 11.6 Å². The van der Waals surface area contributed by atoms with Crippen LogP contribution in [0.4, 0.5) is 8.78 Å². The minimum absolute atomic E-state index is 0.0585. The molecule has 4 aromatic rings. The van der Waals surface area contributed by atoms with Crippen molar-refractivity contribution in [1.82, 2.24) is 19.4 Å². The molecule has 0 bridgehead atoms. The summed E-state index contributed by atoms with van der Waals surface area (Å²) in [6.45, 7) is 0. The third kappa shape index (κ3) is 6.14. The Labute approximate surface area is 234 Å². The summed E-state index contributed by atoms with van der Waals surface area (Å²) in [5.41, 5.74) is 1.88. The van der Waals surface area contributed by atoms with Crippen molar-refractivity contribution in [3.05, 3.63) is 102 Å². The second-order valence-corrected chi connectivity index (χ2v) is 12.9. The van der Waals surface area contributed by atoms with E-state index in [1.807, 2.05) is 4.72 Å². The van der Waals surface area contributed by atoms with Gasteiger partial charge in [0, 0.05) is 5.56 Å². The predicted molar refractivity (Wildman–Crippen MR) is 145 cm³/mol. The van der Waals surface area contributed by atoms with E-state index < -0.39 is 48.9 Å². The van der Waals surface area contributed by atoms with E-state index in [0.717, 1.165) is 12.1 Å². The number of imidazole rings is 1. The van der Waals surface area contributed by atoms with Crippen LogP contribution in [0.1, 0.15) is 34.7 Å². The maximum Gasteiger partial charge on any atom is 0.242 e. The lowest BCUT2D eigenvalue weighted by molar-refractivity contribution is -0.118. The number of methoxy groups -OCH3 is 1. The second kappa shape index (κ2) is 11.0. The number of sulfonamides is 2. The fraction of sp³-hybridized carbons (Fsp3) is 0.185. The molecule has 2 heterocycles. The lowest BCUT2D eigenvalue weighted by atomic mass is 10.0. The molecular formula is C27H24F2N4O6S2. The smallest absolute Gasteiger partial charge is 0.242 e. The van der Waals surface area contributed by atoms with E-state index in [4.69, 9.17) is 4.74 Å². The molecule has 1 saturated heterocycles. The van der Waals surface area contributed by atoms with Gasteiger partial charge in [-0.2, -0.15) is 0 Å². The number of amides is 1. The van der Waals surface area contributed by atoms with Crippen LogP contribution in [0.25, 0.3) is 11.3 Å². The standard InChI is InChI=1S/C27H24F2N4O6S2/c1-39-24-10-9-18(12-21(24)29)23-15-30-27(31-23)22(32-40(35,36)20-4-2-3-19(28)13-20)11-16-5-7-17(8-6-16)25-14-26(34)33-41(25,37)38/h2-10,12-13,15,22,25,32H,11,14H2,1H3,(H,30,31)(H,33,34). The van der Waals surface area contributed by atoms with E-state index in [1.54, 1.807) is 30.3 Å². The number of H-pyrrole nitrogens is 1. The third-order valence-corrected chi connectivity index (χ3v) is 9.75. The number of halogens is 2. The molecule has 41 heavy (non-hydrogen) atoms. The van der Waals surface area contributed by atoms with Crippen molar-refractivity contribution in [3.8, 4) is 17.0 Å². The average molecular weight is 603 g/mol. The van der Waals surface area contributed by atoms with Gasteiger partial charge >= 0.3 is 0 Å². The molecule has 3 aromatic carbocycles. The summed E-state index contributed by atoms with van der Waals surface area (Å²) in [6.07, 6.45) is 1.30. The van der Waals surface area contributed by atoms with E-state index in [1.165, 1.54) is 37.6 Å². The molecule has 3 N–H and O–H groups in total. The number of aromatic nitrogens is 2. The largest absolute Gasteiger partial charge is 0.494 e. The van der Waals surface area contributed by atoms with Crippen molar-refractivity contribution < 1.29 is 35.1 Å². The SMILES string of the molecule is COc1ccc(-c2cnc(C(Cc3ccc(C4CC(=O)NS4(=O)=O)cc3)NS(=O)(=O)c3cccc(F)c3)[nH]2)cc1F. The number of nitrogens with zero attached hydrogens (tertiary/aromatic N) is 1. The number of carbonyl (C=O) groups is 1. The number of benzene rings is 3. The summed E-state index contributed by atoms with van der Waals surface area (Å²) < 4.78 is 88.4. The number of nitrogens with one attached hydrogen (secondary N) is 3. The molecule has 214 valence electrons. The summed E-state index contributed by atoms with van der Waals surface area (Å²) >= 11 is 0. The highest BCUT2D eigenvalue weighted by molar-refractivity contribution is 7.90. The summed E-state index contributed by atoms with van der Waals surface area (Å²) in [4.78, 5) is 18.7. The van der Waals surface area contributed by atoms with Gasteiger partial charge in [-0.15, -0.1) is 0 Å². The van der Waals surface area contributed by atoms with Crippen molar-refractivity contribution in [3.63, 3.8) is 0 Å². The molecule has 1 aliphatic rings. The molecule has 2 atom stereocenters. The van der Waals surface area contributed by atoms with Crippen LogP contribution in [0.5, 0.6) is 5.75 Å². The zero-order valence-electron chi connectivity index (χ0n) is 21.5. The monoisotopic (exact) mass is 602 g/mol. The van der Waals surface area contributed by atoms with Crippen LogP contribution < -0.4 is 14.2 Å². The van der Waals surface area contributed by atoms with Gasteiger partial charge in [0.2, 0.25) is 26.0 Å². The molecule has 10 nitrogen and oxygen atoms in total. The molecule has 1 aliphatic heterocycles. The Morgan fingerprint density at radius 1 is 1.10 bits per heavy atom. The van der Waals surface area contributed by atoms with Crippen LogP contribution in [-0.2, 0) is 31.3 Å². The zero-order valence-corrected chi connectivity index (χ0v) is 23.1. The van der Waals surface area contributed by atoms with Crippen LogP contribution in [0, 0.1) is 11.6 Å². The number of hydrogen-bond acceptors (Lipinski definition) is 7. The van der Waals surface area contributed by atoms with E-state index in [2.05, 4.69) is 14.7 Å². The molecule has 1 fully saturated rings. The van der Waals surface area contributed by atoms with Gasteiger partial charge in [-0.1, -0.05) is 30.3 Å². The molecule has 14 heteroatoms. The van der Waals surface area contributed by atoms with Crippen molar-refractivity contribution in [2.45, 2.75) is 29.0 Å². The summed E-state index contributed by atoms with van der Waals surface area (Å²) in [7, 11) is -6.70. The molecule has 0 radical (unpaired) electrons. The van der Waals surface area contributed by atoms with E-state index in [9.17, 15) is 30.4 Å². The Kier molecular flexibility index (Phi) is 7.64. The van der Waals surface area contributed by atoms with Crippen LogP contribution in [0.3, 0.4) is 0 Å². The third-order valence-electron chi connectivity index (χ3n) is 6.58. The molecule has 5 rings (SSSR count). The number of ether oxygens (including phenoxy) is 1. The highest BCUT2D eigenvalue weighted by Crippen LogP contribution is 2.31. The van der Waals surface area contributed by atoms with Gasteiger partial charge in [-0.3, -0.25) is 9.52 Å². The van der Waals surface area contributed by atoms with E-state index in [-0.39, 0.29) is 29.3 Å². The van der Waals surface area contributed by atoms with E-state index in [0.29, 0.717) is 22.4 Å². The molecule has 0 spiro atoms. The first-order valence-corrected chi connectivity index (χ1v) is 15.3. The minimum atomic E-state index is -4.22. The zero-order chi connectivity index (χ0) is 29.4. The van der Waals surface area contributed by atoms with E-state index >= 15 is 0 Å².